The smallest absolute Gasteiger partial charge is 0.329 e. The molecule has 1 aromatic heterocycles. The number of hydrogen-bond acceptors (Lipinski definition) is 24. The van der Waals surface area contributed by atoms with Crippen molar-refractivity contribution in [3.8, 4) is 0 Å². The Balaban J connectivity index is 1.87. The predicted octanol–water partition coefficient (Wildman–Crippen LogP) is -5.62. The number of aromatic nitrogens is 1. The molecule has 13 atom stereocenters. The van der Waals surface area contributed by atoms with Crippen LogP contribution in [-0.4, -0.2) is 248 Å². The minimum Gasteiger partial charge on any atom is -0.481 e. The monoisotopic (exact) mass is 1620 g/mol. The van der Waals surface area contributed by atoms with Crippen LogP contribution in [0.25, 0.3) is 10.9 Å². The highest BCUT2D eigenvalue weighted by molar-refractivity contribution is 6.05. The van der Waals surface area contributed by atoms with Crippen molar-refractivity contribution in [2.75, 3.05) is 32.0 Å². The standard InChI is InChI=1S/C72H101N17O26/c1-5-6-7-8-9-10-11-22-53(93)81-44(25-38-31-76-42-20-15-13-17-39(38)42)66(108)84-45(27-52(75)92)67(109)86-48(30-59(102)103)68(110)89-61-37(4)115-72(114)49(26-51(91)40-18-12-14-19-41(40)74)87-71(113)60(35(2)24-56(96)97)88-69(111)50(34-90)82-55(95)32-77-63(105)46(28-57(98)99)83-62(104)36(3)79-65(107)47(29-58(100)101)85-64(106)43(21-16-23-73)80-54(94)33-78-70(61)112/h12-15,17-20,31,35-37,43-50,60-61,76,90H,5-11,16,21-30,32-34,73-74H2,1-4H3,(H2,75,92)(H,77,105)(H,78,112)(H,79,107)(H,80,94)(H,81,93)(H,82,95)(H,83,104)(H,84,108)(H,85,106)(H,86,109)(H,87,113)(H,88,111)(H,89,110)(H,96,97)(H,98,99)(H,100,101)(H,102,103)/t35-,36-,37?,43-,44+,45-,46+,47?,48+,49+,50-,60?,61?/m1/s1. The van der Waals surface area contributed by atoms with Gasteiger partial charge in [0.1, 0.15) is 72.6 Å². The number of anilines is 1. The van der Waals surface area contributed by atoms with Gasteiger partial charge in [0.15, 0.2) is 5.78 Å². The summed E-state index contributed by atoms with van der Waals surface area (Å²) >= 11 is 0. The van der Waals surface area contributed by atoms with E-state index in [1.54, 1.807) is 30.5 Å². The quantitative estimate of drug-likeness (QED) is 0.0113. The summed E-state index contributed by atoms with van der Waals surface area (Å²) in [4.78, 5) is 276. The summed E-state index contributed by atoms with van der Waals surface area (Å²) in [5.41, 5.74) is 18.1. The van der Waals surface area contributed by atoms with Gasteiger partial charge in [0, 0.05) is 47.6 Å². The number of ether oxygens (including phenoxy) is 1. The molecule has 0 radical (unpaired) electrons. The van der Waals surface area contributed by atoms with Gasteiger partial charge >= 0.3 is 29.8 Å². The SMILES string of the molecule is CCCCCCCCCC(=O)N[C@@H](Cc1c[nH]c2ccccc12)C(=O)N[C@H](CC(N)=O)C(=O)N[C@@H](CC(=O)O)C(=O)NC1C(=O)NCC(=O)N[C@H](CCCN)C(=O)NC(CC(=O)O)C(=O)N[C@H](C)C(=O)N[C@@H](CC(=O)O)C(=O)NCC(=O)N[C@H](CO)C(=O)NC([C@H](C)CC(=O)O)C(=O)N[C@@H](CC(=O)c2ccccc2N)C(=O)OC1C. The number of fused-ring (bicyclic) bond motifs is 1. The first-order chi connectivity index (χ1) is 54.4. The van der Waals surface area contributed by atoms with Gasteiger partial charge in [-0.15, -0.1) is 0 Å². The van der Waals surface area contributed by atoms with Gasteiger partial charge in [0.05, 0.1) is 51.8 Å². The Hall–Kier alpha value is -12.7. The van der Waals surface area contributed by atoms with Gasteiger partial charge in [-0.25, -0.2) is 4.79 Å². The molecule has 1 fully saturated rings. The second-order valence-corrected chi connectivity index (χ2v) is 27.2. The lowest BCUT2D eigenvalue weighted by Crippen LogP contribution is -2.62. The number of carboxylic acid groups (broad SMARTS) is 4. The van der Waals surface area contributed by atoms with Crippen LogP contribution >= 0.6 is 0 Å². The average Bonchev–Trinajstić information content (AvgIpc) is 1.72. The number of esters is 1. The number of Topliss-reactive ketones (excluding diaryl/α,β-unsaturated/α-hetero) is 1. The molecule has 1 saturated heterocycles. The molecule has 1 aliphatic rings. The number of H-pyrrole nitrogens is 1. The minimum absolute atomic E-state index is 0.0186. The molecule has 0 saturated carbocycles. The maximum atomic E-state index is 14.8. The molecule has 2 heterocycles. The number of aliphatic carboxylic acids is 4. The third-order valence-corrected chi connectivity index (χ3v) is 17.9. The maximum Gasteiger partial charge on any atom is 0.329 e. The number of cyclic esters (lactones) is 1. The van der Waals surface area contributed by atoms with Gasteiger partial charge in [-0.1, -0.05) is 82.7 Å². The Morgan fingerprint density at radius 3 is 1.69 bits per heavy atom. The van der Waals surface area contributed by atoms with E-state index >= 15 is 0 Å². The molecular formula is C72H101N17O26. The number of unbranched alkanes of at least 4 members (excludes halogenated alkanes) is 6. The van der Waals surface area contributed by atoms with E-state index < -0.39 is 261 Å². The van der Waals surface area contributed by atoms with Crippen molar-refractivity contribution < 1.29 is 126 Å². The van der Waals surface area contributed by atoms with Gasteiger partial charge in [-0.3, -0.25) is 91.1 Å². The van der Waals surface area contributed by atoms with E-state index in [1.165, 1.54) is 24.3 Å². The molecule has 43 nitrogen and oxygen atoms in total. The summed E-state index contributed by atoms with van der Waals surface area (Å²) in [6, 6.07) is -10.5. The molecule has 1 aliphatic heterocycles. The van der Waals surface area contributed by atoms with Crippen molar-refractivity contribution in [1.82, 2.24) is 74.1 Å². The fourth-order valence-electron chi connectivity index (χ4n) is 11.7. The van der Waals surface area contributed by atoms with Crippen LogP contribution in [0.1, 0.15) is 146 Å². The Labute approximate surface area is 657 Å². The number of benzene rings is 2. The first-order valence-corrected chi connectivity index (χ1v) is 36.8. The first-order valence-electron chi connectivity index (χ1n) is 36.8. The average molecular weight is 1620 g/mol. The highest BCUT2D eigenvalue weighted by Crippen LogP contribution is 2.22. The van der Waals surface area contributed by atoms with E-state index in [2.05, 4.69) is 65.1 Å². The van der Waals surface area contributed by atoms with Gasteiger partial charge in [0.2, 0.25) is 82.7 Å². The number of carbonyl (C=O) groups is 20. The first kappa shape index (κ1) is 94.7. The fourth-order valence-corrected chi connectivity index (χ4v) is 11.7. The Morgan fingerprint density at radius 1 is 0.548 bits per heavy atom. The zero-order chi connectivity index (χ0) is 85.8. The van der Waals surface area contributed by atoms with E-state index in [4.69, 9.17) is 21.9 Å². The van der Waals surface area contributed by atoms with Crippen LogP contribution < -0.4 is 86.3 Å². The zero-order valence-electron chi connectivity index (χ0n) is 63.6. The number of hydrogen-bond donors (Lipinski definition) is 22. The molecule has 14 amide bonds. The summed E-state index contributed by atoms with van der Waals surface area (Å²) < 4.78 is 5.68. The number of aliphatic hydroxyl groups excluding tert-OH is 1. The highest BCUT2D eigenvalue weighted by atomic mass is 16.5. The van der Waals surface area contributed by atoms with Crippen molar-refractivity contribution in [3.05, 3.63) is 65.9 Å². The number of aliphatic hydroxyl groups is 1. The lowest BCUT2D eigenvalue weighted by atomic mass is 9.96. The minimum atomic E-state index is -2.45. The van der Waals surface area contributed by atoms with Gasteiger partial charge in [-0.2, -0.15) is 0 Å². The molecule has 25 N–H and O–H groups in total. The fraction of sp³-hybridized carbons (Fsp3) is 0.528. The number of nitrogen functional groups attached to an aromatic ring is 1. The van der Waals surface area contributed by atoms with Crippen molar-refractivity contribution in [2.24, 2.45) is 17.4 Å². The number of amides is 14. The third kappa shape index (κ3) is 32.5. The largest absolute Gasteiger partial charge is 0.481 e. The number of carbonyl (C=O) groups excluding carboxylic acids is 16. The summed E-state index contributed by atoms with van der Waals surface area (Å²) in [5, 5.41) is 78.7. The second-order valence-electron chi connectivity index (χ2n) is 27.2. The van der Waals surface area contributed by atoms with Crippen LogP contribution in [-0.2, 0) is 102 Å². The molecule has 4 rings (SSSR count). The summed E-state index contributed by atoms with van der Waals surface area (Å²) in [6.45, 7) is 1.11. The summed E-state index contributed by atoms with van der Waals surface area (Å²) in [5.74, 6) is -29.7. The number of rotatable bonds is 35. The topological polar surface area (TPSA) is 702 Å². The van der Waals surface area contributed by atoms with Crippen molar-refractivity contribution in [2.45, 2.75) is 209 Å². The molecule has 0 spiro atoms. The van der Waals surface area contributed by atoms with Crippen molar-refractivity contribution in [3.63, 3.8) is 0 Å². The molecule has 0 aliphatic carbocycles. The van der Waals surface area contributed by atoms with Crippen LogP contribution in [0, 0.1) is 5.92 Å². The lowest BCUT2D eigenvalue weighted by molar-refractivity contribution is -0.156. The number of carboxylic acids is 4. The summed E-state index contributed by atoms with van der Waals surface area (Å²) in [6.07, 6.45) is -2.33. The van der Waals surface area contributed by atoms with Gasteiger partial charge < -0.3 is 122 Å². The molecule has 3 aromatic rings. The number of aromatic amines is 1. The Bertz CT molecular complexity index is 4040. The van der Waals surface area contributed by atoms with Crippen LogP contribution in [0.5, 0.6) is 0 Å². The number of para-hydroxylation sites is 2. The molecule has 2 aromatic carbocycles. The van der Waals surface area contributed by atoms with E-state index in [1.807, 2.05) is 16.0 Å². The number of ketones is 1. The van der Waals surface area contributed by atoms with Crippen LogP contribution in [0.3, 0.4) is 0 Å². The highest BCUT2D eigenvalue weighted by Gasteiger charge is 2.41. The van der Waals surface area contributed by atoms with Crippen molar-refractivity contribution in [1.29, 1.82) is 0 Å². The summed E-state index contributed by atoms with van der Waals surface area (Å²) in [7, 11) is 0. The van der Waals surface area contributed by atoms with E-state index in [0.29, 0.717) is 29.3 Å². The zero-order valence-corrected chi connectivity index (χ0v) is 63.6. The van der Waals surface area contributed by atoms with Gasteiger partial charge in [-0.05, 0) is 69.3 Å². The molecule has 115 heavy (non-hydrogen) atoms. The van der Waals surface area contributed by atoms with E-state index in [0.717, 1.165) is 52.9 Å². The molecule has 0 bridgehead atoms. The molecule has 4 unspecified atom stereocenters. The van der Waals surface area contributed by atoms with Gasteiger partial charge in [0.25, 0.3) is 0 Å². The van der Waals surface area contributed by atoms with E-state index in [-0.39, 0.29) is 37.1 Å². The Morgan fingerprint density at radius 2 is 1.09 bits per heavy atom. The predicted molar refractivity (Wildman–Crippen MR) is 400 cm³/mol. The second kappa shape index (κ2) is 47.6. The normalized spacial score (nSPS) is 21.2. The van der Waals surface area contributed by atoms with Crippen molar-refractivity contribution >= 4 is 135 Å². The molecule has 43 heteroatoms. The van der Waals surface area contributed by atoms with Crippen LogP contribution in [0.15, 0.2) is 54.7 Å². The number of nitrogens with two attached hydrogens (primary N) is 3. The lowest BCUT2D eigenvalue weighted by Gasteiger charge is -2.30. The third-order valence-electron chi connectivity index (χ3n) is 17.9. The van der Waals surface area contributed by atoms with Crippen LogP contribution in [0.4, 0.5) is 5.69 Å². The number of nitrogens with one attached hydrogen (secondary N) is 14. The number of primary amides is 1. The molecular weight excluding hydrogens is 1520 g/mol. The van der Waals surface area contributed by atoms with Crippen LogP contribution in [0.2, 0.25) is 0 Å². The maximum absolute atomic E-state index is 14.8. The Kier molecular flexibility index (Phi) is 39.2. The molecule has 630 valence electrons. The van der Waals surface area contributed by atoms with E-state index in [9.17, 15) is 121 Å².